The van der Waals surface area contributed by atoms with Gasteiger partial charge in [0, 0.05) is 37.7 Å². The van der Waals surface area contributed by atoms with E-state index in [2.05, 4.69) is 0 Å². The molecule has 0 saturated carbocycles. The summed E-state index contributed by atoms with van der Waals surface area (Å²) < 4.78 is 31.2. The standard InChI is InChI=1S/C12H16F2N2O/c1-17-11-8-9(2-3-10(11)15)16-6-4-12(13,14)5-7-16/h2-3,8H,4-7,15H2,1H3. The Bertz CT molecular complexity index is 399. The van der Waals surface area contributed by atoms with Crippen molar-refractivity contribution < 1.29 is 13.5 Å². The number of hydrogen-bond donors (Lipinski definition) is 1. The number of anilines is 2. The summed E-state index contributed by atoms with van der Waals surface area (Å²) in [5.41, 5.74) is 7.14. The number of nitrogens with two attached hydrogens (primary N) is 1. The lowest BCUT2D eigenvalue weighted by atomic mass is 10.1. The zero-order valence-corrected chi connectivity index (χ0v) is 9.75. The molecule has 1 aromatic rings. The fraction of sp³-hybridized carbons (Fsp3) is 0.500. The molecule has 0 radical (unpaired) electrons. The minimum Gasteiger partial charge on any atom is -0.495 e. The van der Waals surface area contributed by atoms with Crippen molar-refractivity contribution in [3.63, 3.8) is 0 Å². The van der Waals surface area contributed by atoms with Crippen LogP contribution >= 0.6 is 0 Å². The van der Waals surface area contributed by atoms with Gasteiger partial charge in [-0.3, -0.25) is 0 Å². The molecule has 2 rings (SSSR count). The molecule has 0 bridgehead atoms. The van der Waals surface area contributed by atoms with Crippen LogP contribution in [0.4, 0.5) is 20.2 Å². The zero-order valence-electron chi connectivity index (χ0n) is 9.75. The highest BCUT2D eigenvalue weighted by atomic mass is 19.3. The van der Waals surface area contributed by atoms with Crippen molar-refractivity contribution in [2.45, 2.75) is 18.8 Å². The Hall–Kier alpha value is -1.52. The van der Waals surface area contributed by atoms with Gasteiger partial charge in [0.1, 0.15) is 5.75 Å². The van der Waals surface area contributed by atoms with E-state index >= 15 is 0 Å². The maximum absolute atomic E-state index is 13.0. The van der Waals surface area contributed by atoms with Crippen LogP contribution in [-0.4, -0.2) is 26.1 Å². The molecule has 1 aliphatic rings. The zero-order chi connectivity index (χ0) is 12.5. The van der Waals surface area contributed by atoms with E-state index in [0.717, 1.165) is 5.69 Å². The van der Waals surface area contributed by atoms with Gasteiger partial charge in [-0.2, -0.15) is 0 Å². The van der Waals surface area contributed by atoms with Gasteiger partial charge in [-0.25, -0.2) is 8.78 Å². The quantitative estimate of drug-likeness (QED) is 0.810. The van der Waals surface area contributed by atoms with Crippen molar-refractivity contribution in [2.24, 2.45) is 0 Å². The summed E-state index contributed by atoms with van der Waals surface area (Å²) in [6, 6.07) is 5.36. The van der Waals surface area contributed by atoms with Gasteiger partial charge in [-0.15, -0.1) is 0 Å². The smallest absolute Gasteiger partial charge is 0.251 e. The third kappa shape index (κ3) is 2.60. The first-order valence-electron chi connectivity index (χ1n) is 5.58. The van der Waals surface area contributed by atoms with Crippen LogP contribution in [0, 0.1) is 0 Å². The first-order chi connectivity index (χ1) is 8.02. The van der Waals surface area contributed by atoms with Gasteiger partial charge in [0.15, 0.2) is 0 Å². The topological polar surface area (TPSA) is 38.5 Å². The number of nitrogen functional groups attached to an aromatic ring is 1. The first-order valence-corrected chi connectivity index (χ1v) is 5.58. The molecular weight excluding hydrogens is 226 g/mol. The van der Waals surface area contributed by atoms with Crippen molar-refractivity contribution in [3.05, 3.63) is 18.2 Å². The Morgan fingerprint density at radius 2 is 1.94 bits per heavy atom. The summed E-state index contributed by atoms with van der Waals surface area (Å²) in [6.45, 7) is 0.722. The second kappa shape index (κ2) is 4.39. The van der Waals surface area contributed by atoms with Crippen LogP contribution < -0.4 is 15.4 Å². The maximum atomic E-state index is 13.0. The highest BCUT2D eigenvalue weighted by molar-refractivity contribution is 5.62. The second-order valence-electron chi connectivity index (χ2n) is 4.27. The van der Waals surface area contributed by atoms with E-state index < -0.39 is 5.92 Å². The molecule has 1 aromatic carbocycles. The number of ether oxygens (including phenoxy) is 1. The Kier molecular flexibility index (Phi) is 3.09. The first kappa shape index (κ1) is 12.0. The van der Waals surface area contributed by atoms with E-state index in [1.54, 1.807) is 19.2 Å². The predicted molar refractivity (Wildman–Crippen MR) is 63.8 cm³/mol. The van der Waals surface area contributed by atoms with Crippen LogP contribution in [0.5, 0.6) is 5.75 Å². The molecule has 17 heavy (non-hydrogen) atoms. The van der Waals surface area contributed by atoms with Crippen molar-refractivity contribution in [1.82, 2.24) is 0 Å². The molecule has 0 atom stereocenters. The van der Waals surface area contributed by atoms with E-state index in [9.17, 15) is 8.78 Å². The number of alkyl halides is 2. The summed E-state index contributed by atoms with van der Waals surface area (Å²) in [5.74, 6) is -1.94. The van der Waals surface area contributed by atoms with Crippen molar-refractivity contribution in [2.75, 3.05) is 30.8 Å². The molecule has 0 spiro atoms. The minimum atomic E-state index is -2.52. The van der Waals surface area contributed by atoms with Crippen LogP contribution in [0.1, 0.15) is 12.8 Å². The van der Waals surface area contributed by atoms with Gasteiger partial charge in [0.05, 0.1) is 12.8 Å². The Balaban J connectivity index is 2.13. The van der Waals surface area contributed by atoms with Crippen LogP contribution in [0.25, 0.3) is 0 Å². The molecule has 0 unspecified atom stereocenters. The number of hydrogen-bond acceptors (Lipinski definition) is 3. The number of methoxy groups -OCH3 is 1. The van der Waals surface area contributed by atoms with Crippen LogP contribution in [0.3, 0.4) is 0 Å². The molecule has 2 N–H and O–H groups in total. The lowest BCUT2D eigenvalue weighted by Crippen LogP contribution is -2.39. The molecule has 0 aliphatic carbocycles. The molecule has 1 aliphatic heterocycles. The van der Waals surface area contributed by atoms with E-state index in [1.165, 1.54) is 0 Å². The average molecular weight is 242 g/mol. The van der Waals surface area contributed by atoms with Crippen LogP contribution in [0.15, 0.2) is 18.2 Å². The number of benzene rings is 1. The summed E-state index contributed by atoms with van der Waals surface area (Å²) in [7, 11) is 1.54. The summed E-state index contributed by atoms with van der Waals surface area (Å²) in [6.07, 6.45) is -0.195. The van der Waals surface area contributed by atoms with Crippen molar-refractivity contribution in [3.8, 4) is 5.75 Å². The Morgan fingerprint density at radius 3 is 2.53 bits per heavy atom. The second-order valence-corrected chi connectivity index (χ2v) is 4.27. The molecule has 0 aromatic heterocycles. The molecule has 1 saturated heterocycles. The van der Waals surface area contributed by atoms with E-state index in [-0.39, 0.29) is 12.8 Å². The maximum Gasteiger partial charge on any atom is 0.251 e. The molecule has 5 heteroatoms. The summed E-state index contributed by atoms with van der Waals surface area (Å²) >= 11 is 0. The van der Waals surface area contributed by atoms with Gasteiger partial charge in [0.2, 0.25) is 0 Å². The van der Waals surface area contributed by atoms with E-state index in [0.29, 0.717) is 24.5 Å². The average Bonchev–Trinajstić information content (AvgIpc) is 2.30. The molecule has 0 amide bonds. The van der Waals surface area contributed by atoms with Crippen molar-refractivity contribution >= 4 is 11.4 Å². The summed E-state index contributed by atoms with van der Waals surface area (Å²) in [4.78, 5) is 1.93. The largest absolute Gasteiger partial charge is 0.495 e. The third-order valence-corrected chi connectivity index (χ3v) is 3.08. The number of rotatable bonds is 2. The number of piperidine rings is 1. The lowest BCUT2D eigenvalue weighted by molar-refractivity contribution is -0.0220. The molecule has 1 heterocycles. The van der Waals surface area contributed by atoms with Crippen LogP contribution in [0.2, 0.25) is 0 Å². The Morgan fingerprint density at radius 1 is 1.29 bits per heavy atom. The van der Waals surface area contributed by atoms with Gasteiger partial charge in [-0.05, 0) is 12.1 Å². The lowest BCUT2D eigenvalue weighted by Gasteiger charge is -2.33. The van der Waals surface area contributed by atoms with Gasteiger partial charge in [0.25, 0.3) is 5.92 Å². The van der Waals surface area contributed by atoms with Crippen molar-refractivity contribution in [1.29, 1.82) is 0 Å². The third-order valence-electron chi connectivity index (χ3n) is 3.08. The number of halogens is 2. The van der Waals surface area contributed by atoms with E-state index in [1.807, 2.05) is 11.0 Å². The minimum absolute atomic E-state index is 0.0975. The Labute approximate surface area is 99.2 Å². The molecule has 1 fully saturated rings. The molecule has 94 valence electrons. The van der Waals surface area contributed by atoms with Gasteiger partial charge < -0.3 is 15.4 Å². The van der Waals surface area contributed by atoms with Gasteiger partial charge in [-0.1, -0.05) is 0 Å². The highest BCUT2D eigenvalue weighted by Crippen LogP contribution is 2.33. The normalized spacial score (nSPS) is 19.1. The number of nitrogens with zero attached hydrogens (tertiary/aromatic N) is 1. The van der Waals surface area contributed by atoms with Gasteiger partial charge >= 0.3 is 0 Å². The predicted octanol–water partition coefficient (Wildman–Crippen LogP) is 2.51. The monoisotopic (exact) mass is 242 g/mol. The molecule has 3 nitrogen and oxygen atoms in total. The summed E-state index contributed by atoms with van der Waals surface area (Å²) in [5, 5.41) is 0. The van der Waals surface area contributed by atoms with Crippen LogP contribution in [-0.2, 0) is 0 Å². The molecular formula is C12H16F2N2O. The SMILES string of the molecule is COc1cc(N2CCC(F)(F)CC2)ccc1N. The fourth-order valence-electron chi connectivity index (χ4n) is 1.99. The highest BCUT2D eigenvalue weighted by Gasteiger charge is 2.34. The fourth-order valence-corrected chi connectivity index (χ4v) is 1.99. The van der Waals surface area contributed by atoms with E-state index in [4.69, 9.17) is 10.5 Å².